The summed E-state index contributed by atoms with van der Waals surface area (Å²) in [6.07, 6.45) is 0.661. The maximum absolute atomic E-state index is 13.2. The highest BCUT2D eigenvalue weighted by molar-refractivity contribution is 5.78. The van der Waals surface area contributed by atoms with Crippen molar-refractivity contribution in [1.29, 1.82) is 0 Å². The predicted molar refractivity (Wildman–Crippen MR) is 118 cm³/mol. The van der Waals surface area contributed by atoms with Crippen molar-refractivity contribution >= 4 is 5.91 Å². The zero-order valence-corrected chi connectivity index (χ0v) is 18.3. The number of fused-ring (bicyclic) bond motifs is 1. The lowest BCUT2D eigenvalue weighted by Gasteiger charge is -2.27. The summed E-state index contributed by atoms with van der Waals surface area (Å²) in [5.41, 5.74) is 4.16. The molecular formula is C24H22FN5O3. The molecule has 33 heavy (non-hydrogen) atoms. The molecule has 1 aliphatic rings. The van der Waals surface area contributed by atoms with Gasteiger partial charge in [-0.1, -0.05) is 17.3 Å². The van der Waals surface area contributed by atoms with Crippen LogP contribution in [0.4, 0.5) is 4.39 Å². The first-order valence-corrected chi connectivity index (χ1v) is 10.6. The van der Waals surface area contributed by atoms with Gasteiger partial charge in [-0.25, -0.2) is 4.39 Å². The quantitative estimate of drug-likeness (QED) is 0.465. The molecule has 1 aliphatic heterocycles. The van der Waals surface area contributed by atoms with Crippen LogP contribution in [0.1, 0.15) is 16.8 Å². The third-order valence-electron chi connectivity index (χ3n) is 5.68. The second kappa shape index (κ2) is 8.50. The Bertz CT molecular complexity index is 1310. The van der Waals surface area contributed by atoms with Crippen molar-refractivity contribution in [3.63, 3.8) is 0 Å². The Morgan fingerprint density at radius 1 is 1.21 bits per heavy atom. The van der Waals surface area contributed by atoms with Gasteiger partial charge in [0.2, 0.25) is 5.82 Å². The Balaban J connectivity index is 1.34. The van der Waals surface area contributed by atoms with Crippen molar-refractivity contribution in [2.45, 2.75) is 19.9 Å². The minimum absolute atomic E-state index is 0.0380. The molecule has 0 spiro atoms. The van der Waals surface area contributed by atoms with Crippen LogP contribution < -0.4 is 4.74 Å². The molecule has 0 aliphatic carbocycles. The Morgan fingerprint density at radius 3 is 2.82 bits per heavy atom. The average molecular weight is 447 g/mol. The first kappa shape index (κ1) is 20.9. The minimum Gasteiger partial charge on any atom is -0.484 e. The third kappa shape index (κ3) is 4.21. The van der Waals surface area contributed by atoms with Gasteiger partial charge in [-0.15, -0.1) is 0 Å². The fraction of sp³-hybridized carbons (Fsp3) is 0.250. The number of hydrogen-bond donors (Lipinski definition) is 0. The summed E-state index contributed by atoms with van der Waals surface area (Å²) in [7, 11) is 1.86. The lowest BCUT2D eigenvalue weighted by molar-refractivity contribution is -0.134. The van der Waals surface area contributed by atoms with Crippen LogP contribution in [0.3, 0.4) is 0 Å². The average Bonchev–Trinajstić information content (AvgIpc) is 3.43. The highest BCUT2D eigenvalue weighted by Gasteiger charge is 2.29. The van der Waals surface area contributed by atoms with Crippen molar-refractivity contribution in [3.8, 4) is 28.7 Å². The van der Waals surface area contributed by atoms with Crippen LogP contribution >= 0.6 is 0 Å². The van der Waals surface area contributed by atoms with E-state index >= 15 is 0 Å². The number of carbonyl (C=O) groups excluding carboxylic acids is 1. The SMILES string of the molecule is Cc1cccc(OCC(=O)N2CCc3c(c(-c4nc(-c5ccc(F)cc5)no4)nn3C)C2)c1. The van der Waals surface area contributed by atoms with E-state index in [2.05, 4.69) is 15.2 Å². The molecule has 0 unspecified atom stereocenters. The van der Waals surface area contributed by atoms with Gasteiger partial charge >= 0.3 is 0 Å². The molecule has 9 heteroatoms. The Labute approximate surface area is 189 Å². The van der Waals surface area contributed by atoms with E-state index in [9.17, 15) is 9.18 Å². The van der Waals surface area contributed by atoms with E-state index in [1.165, 1.54) is 12.1 Å². The molecule has 3 heterocycles. The van der Waals surface area contributed by atoms with Crippen LogP contribution in [0.5, 0.6) is 5.75 Å². The van der Waals surface area contributed by atoms with Gasteiger partial charge in [-0.3, -0.25) is 9.48 Å². The van der Waals surface area contributed by atoms with Gasteiger partial charge in [0, 0.05) is 43.4 Å². The third-order valence-corrected chi connectivity index (χ3v) is 5.68. The van der Waals surface area contributed by atoms with E-state index in [4.69, 9.17) is 9.26 Å². The van der Waals surface area contributed by atoms with Crippen LogP contribution in [0.25, 0.3) is 23.0 Å². The number of nitrogens with zero attached hydrogens (tertiary/aromatic N) is 5. The number of hydrogen-bond acceptors (Lipinski definition) is 6. The van der Waals surface area contributed by atoms with Crippen LogP contribution in [-0.2, 0) is 24.8 Å². The fourth-order valence-electron chi connectivity index (χ4n) is 3.95. The van der Waals surface area contributed by atoms with Crippen LogP contribution in [-0.4, -0.2) is 43.9 Å². The predicted octanol–water partition coefficient (Wildman–Crippen LogP) is 3.55. The standard InChI is InChI=1S/C24H22FN5O3/c1-15-4-3-5-18(12-15)32-14-21(31)30-11-10-20-19(13-30)22(27-29(20)2)24-26-23(28-33-24)16-6-8-17(25)9-7-16/h3-9,12H,10-11,13-14H2,1-2H3. The molecule has 0 fully saturated rings. The lowest BCUT2D eigenvalue weighted by Crippen LogP contribution is -2.39. The maximum Gasteiger partial charge on any atom is 0.279 e. The summed E-state index contributed by atoms with van der Waals surface area (Å²) >= 11 is 0. The molecule has 0 atom stereocenters. The monoisotopic (exact) mass is 447 g/mol. The Morgan fingerprint density at radius 2 is 2.03 bits per heavy atom. The molecule has 4 aromatic rings. The van der Waals surface area contributed by atoms with Crippen molar-refractivity contribution in [1.82, 2.24) is 24.8 Å². The van der Waals surface area contributed by atoms with E-state index < -0.39 is 0 Å². The highest BCUT2D eigenvalue weighted by atomic mass is 19.1. The summed E-state index contributed by atoms with van der Waals surface area (Å²) in [5, 5.41) is 8.59. The van der Waals surface area contributed by atoms with Crippen LogP contribution in [0.15, 0.2) is 53.1 Å². The van der Waals surface area contributed by atoms with Crippen LogP contribution in [0, 0.1) is 12.7 Å². The summed E-state index contributed by atoms with van der Waals surface area (Å²) < 4.78 is 26.2. The minimum atomic E-state index is -0.336. The Hall–Kier alpha value is -4.01. The van der Waals surface area contributed by atoms with E-state index in [-0.39, 0.29) is 24.2 Å². The van der Waals surface area contributed by atoms with Crippen molar-refractivity contribution < 1.29 is 18.4 Å². The first-order chi connectivity index (χ1) is 16.0. The molecule has 0 N–H and O–H groups in total. The molecule has 5 rings (SSSR count). The zero-order chi connectivity index (χ0) is 22.9. The van der Waals surface area contributed by atoms with E-state index in [1.54, 1.807) is 21.7 Å². The van der Waals surface area contributed by atoms with Gasteiger partial charge < -0.3 is 14.2 Å². The molecule has 1 amide bonds. The lowest BCUT2D eigenvalue weighted by atomic mass is 10.0. The zero-order valence-electron chi connectivity index (χ0n) is 18.3. The maximum atomic E-state index is 13.2. The van der Waals surface area contributed by atoms with Gasteiger partial charge in [-0.05, 0) is 48.9 Å². The molecular weight excluding hydrogens is 425 g/mol. The number of ether oxygens (including phenoxy) is 1. The molecule has 2 aromatic heterocycles. The number of benzene rings is 2. The normalized spacial score (nSPS) is 13.1. The van der Waals surface area contributed by atoms with Crippen molar-refractivity contribution in [2.24, 2.45) is 7.05 Å². The number of carbonyl (C=O) groups is 1. The molecule has 0 radical (unpaired) electrons. The van der Waals surface area contributed by atoms with Gasteiger partial charge in [0.25, 0.3) is 11.8 Å². The van der Waals surface area contributed by atoms with Crippen molar-refractivity contribution in [2.75, 3.05) is 13.2 Å². The number of aryl methyl sites for hydroxylation is 2. The van der Waals surface area contributed by atoms with Gasteiger partial charge in [0.05, 0.1) is 0 Å². The number of rotatable bonds is 5. The summed E-state index contributed by atoms with van der Waals surface area (Å²) in [5.74, 6) is 0.838. The van der Waals surface area contributed by atoms with Gasteiger partial charge in [0.15, 0.2) is 12.3 Å². The number of halogens is 1. The summed E-state index contributed by atoms with van der Waals surface area (Å²) in [4.78, 5) is 19.0. The second-order valence-corrected chi connectivity index (χ2v) is 8.00. The highest BCUT2D eigenvalue weighted by Crippen LogP contribution is 2.30. The second-order valence-electron chi connectivity index (χ2n) is 8.00. The van der Waals surface area contributed by atoms with E-state index in [0.29, 0.717) is 42.3 Å². The summed E-state index contributed by atoms with van der Waals surface area (Å²) in [6.45, 7) is 2.89. The molecule has 8 nitrogen and oxygen atoms in total. The smallest absolute Gasteiger partial charge is 0.279 e. The number of aromatic nitrogens is 4. The molecule has 0 saturated carbocycles. The van der Waals surface area contributed by atoms with Crippen molar-refractivity contribution in [3.05, 3.63) is 71.2 Å². The van der Waals surface area contributed by atoms with E-state index in [0.717, 1.165) is 16.8 Å². The number of amides is 1. The molecule has 2 aromatic carbocycles. The molecule has 168 valence electrons. The molecule has 0 bridgehead atoms. The molecule has 0 saturated heterocycles. The van der Waals surface area contributed by atoms with E-state index in [1.807, 2.05) is 38.2 Å². The first-order valence-electron chi connectivity index (χ1n) is 10.6. The topological polar surface area (TPSA) is 86.3 Å². The van der Waals surface area contributed by atoms with Crippen LogP contribution in [0.2, 0.25) is 0 Å². The van der Waals surface area contributed by atoms with Gasteiger partial charge in [-0.2, -0.15) is 10.1 Å². The summed E-state index contributed by atoms with van der Waals surface area (Å²) in [6, 6.07) is 13.5. The Kier molecular flexibility index (Phi) is 5.37. The van der Waals surface area contributed by atoms with Gasteiger partial charge in [0.1, 0.15) is 11.6 Å². The fourth-order valence-corrected chi connectivity index (χ4v) is 3.95. The largest absolute Gasteiger partial charge is 0.484 e.